The smallest absolute Gasteiger partial charge is 0.0638 e. The lowest BCUT2D eigenvalue weighted by Crippen LogP contribution is -2.55. The van der Waals surface area contributed by atoms with E-state index >= 15 is 0 Å². The average Bonchev–Trinajstić information content (AvgIpc) is 3.02. The van der Waals surface area contributed by atoms with E-state index in [4.69, 9.17) is 0 Å². The van der Waals surface area contributed by atoms with Gasteiger partial charge in [0.15, 0.2) is 0 Å². The Morgan fingerprint density at radius 1 is 1.38 bits per heavy atom. The molecule has 5 heteroatoms. The van der Waals surface area contributed by atoms with Gasteiger partial charge < -0.3 is 0 Å². The van der Waals surface area contributed by atoms with E-state index in [2.05, 4.69) is 34.3 Å². The van der Waals surface area contributed by atoms with Crippen molar-refractivity contribution in [1.82, 2.24) is 19.6 Å². The Kier molecular flexibility index (Phi) is 4.92. The molecule has 0 unspecified atom stereocenters. The summed E-state index contributed by atoms with van der Waals surface area (Å²) in [6, 6.07) is 1.51. The van der Waals surface area contributed by atoms with Crippen LogP contribution in [0, 0.1) is 6.92 Å². The van der Waals surface area contributed by atoms with Crippen LogP contribution in [0.3, 0.4) is 0 Å². The molecule has 2 fully saturated rings. The highest BCUT2D eigenvalue weighted by Gasteiger charge is 2.36. The molecule has 0 saturated carbocycles. The number of thioether (sulfide) groups is 1. The summed E-state index contributed by atoms with van der Waals surface area (Å²) in [6.07, 6.45) is 8.50. The van der Waals surface area contributed by atoms with Crippen LogP contribution in [0.15, 0.2) is 6.20 Å². The van der Waals surface area contributed by atoms with Gasteiger partial charge in [-0.3, -0.25) is 14.5 Å². The molecule has 2 atom stereocenters. The van der Waals surface area contributed by atoms with Gasteiger partial charge in [0, 0.05) is 50.5 Å². The molecule has 0 amide bonds. The lowest BCUT2D eigenvalue weighted by Gasteiger charge is -2.43. The molecule has 118 valence electrons. The van der Waals surface area contributed by atoms with Gasteiger partial charge in [0.25, 0.3) is 0 Å². The van der Waals surface area contributed by atoms with Crippen LogP contribution in [0.1, 0.15) is 30.5 Å². The maximum Gasteiger partial charge on any atom is 0.0638 e. The van der Waals surface area contributed by atoms with Crippen LogP contribution in [0.2, 0.25) is 0 Å². The molecule has 1 aromatic heterocycles. The molecular weight excluding hydrogens is 280 g/mol. The minimum atomic E-state index is 0.714. The van der Waals surface area contributed by atoms with Crippen LogP contribution in [-0.2, 0) is 13.6 Å². The van der Waals surface area contributed by atoms with E-state index in [0.717, 1.165) is 12.6 Å². The number of rotatable bonds is 5. The van der Waals surface area contributed by atoms with E-state index in [1.807, 2.05) is 23.5 Å². The molecule has 2 saturated heterocycles. The number of hydrogen-bond acceptors (Lipinski definition) is 4. The number of hydrogen-bond donors (Lipinski definition) is 0. The average molecular weight is 308 g/mol. The van der Waals surface area contributed by atoms with E-state index in [1.54, 1.807) is 0 Å². The quantitative estimate of drug-likeness (QED) is 0.832. The van der Waals surface area contributed by atoms with Crippen LogP contribution in [0.4, 0.5) is 0 Å². The monoisotopic (exact) mass is 308 g/mol. The Hall–Kier alpha value is -0.520. The van der Waals surface area contributed by atoms with Gasteiger partial charge in [-0.05, 0) is 44.7 Å². The van der Waals surface area contributed by atoms with E-state index in [-0.39, 0.29) is 0 Å². The second-order valence-electron chi connectivity index (χ2n) is 6.57. The third kappa shape index (κ3) is 3.46. The predicted octanol–water partition coefficient (Wildman–Crippen LogP) is 2.13. The van der Waals surface area contributed by atoms with E-state index in [0.29, 0.717) is 6.04 Å². The molecule has 0 aromatic carbocycles. The fourth-order valence-corrected chi connectivity index (χ4v) is 4.40. The van der Waals surface area contributed by atoms with Gasteiger partial charge in [-0.15, -0.1) is 0 Å². The Morgan fingerprint density at radius 3 is 2.95 bits per heavy atom. The third-order valence-electron chi connectivity index (χ3n) is 5.05. The van der Waals surface area contributed by atoms with Gasteiger partial charge in [0.1, 0.15) is 0 Å². The Balaban J connectivity index is 1.71. The molecule has 3 heterocycles. The van der Waals surface area contributed by atoms with Crippen molar-refractivity contribution in [3.05, 3.63) is 17.5 Å². The van der Waals surface area contributed by atoms with E-state index in [1.165, 1.54) is 55.9 Å². The summed E-state index contributed by atoms with van der Waals surface area (Å²) in [4.78, 5) is 5.46. The van der Waals surface area contributed by atoms with Crippen molar-refractivity contribution in [2.24, 2.45) is 7.05 Å². The SMILES string of the molecule is CSCC[C@H]1CN2CCC[C@H]2CN1Cc1cn(C)nc1C. The Bertz CT molecular complexity index is 473. The molecule has 0 radical (unpaired) electrons. The van der Waals surface area contributed by atoms with Gasteiger partial charge in [-0.1, -0.05) is 0 Å². The highest BCUT2D eigenvalue weighted by atomic mass is 32.2. The van der Waals surface area contributed by atoms with Crippen molar-refractivity contribution in [3.8, 4) is 0 Å². The van der Waals surface area contributed by atoms with Crippen molar-refractivity contribution in [1.29, 1.82) is 0 Å². The van der Waals surface area contributed by atoms with Crippen molar-refractivity contribution in [2.45, 2.75) is 44.8 Å². The van der Waals surface area contributed by atoms with Gasteiger partial charge >= 0.3 is 0 Å². The molecule has 1 aromatic rings. The molecule has 0 N–H and O–H groups in total. The summed E-state index contributed by atoms with van der Waals surface area (Å²) in [7, 11) is 2.02. The maximum absolute atomic E-state index is 4.51. The molecule has 0 spiro atoms. The summed E-state index contributed by atoms with van der Waals surface area (Å²) in [5.74, 6) is 1.27. The van der Waals surface area contributed by atoms with Gasteiger partial charge in [-0.25, -0.2) is 0 Å². The minimum Gasteiger partial charge on any atom is -0.298 e. The van der Waals surface area contributed by atoms with Gasteiger partial charge in [0.2, 0.25) is 0 Å². The summed E-state index contributed by atoms with van der Waals surface area (Å²) in [6.45, 7) is 7.04. The van der Waals surface area contributed by atoms with Crippen LogP contribution in [-0.4, -0.2) is 63.3 Å². The standard InChI is InChI=1S/C16H28N4S/c1-13-14(9-18(2)17-13)10-20-12-15-5-4-7-19(15)11-16(20)6-8-21-3/h9,15-16H,4-8,10-12H2,1-3H3/t15-,16-/m0/s1. The molecular formula is C16H28N4S. The largest absolute Gasteiger partial charge is 0.298 e. The Morgan fingerprint density at radius 2 is 2.24 bits per heavy atom. The molecule has 4 nitrogen and oxygen atoms in total. The summed E-state index contributed by atoms with van der Waals surface area (Å²) in [5, 5.41) is 4.51. The van der Waals surface area contributed by atoms with Gasteiger partial charge in [0.05, 0.1) is 5.69 Å². The first-order valence-corrected chi connectivity index (χ1v) is 9.53. The van der Waals surface area contributed by atoms with Crippen molar-refractivity contribution in [2.75, 3.05) is 31.6 Å². The van der Waals surface area contributed by atoms with Gasteiger partial charge in [-0.2, -0.15) is 16.9 Å². The second kappa shape index (κ2) is 6.71. The minimum absolute atomic E-state index is 0.714. The first kappa shape index (κ1) is 15.4. The molecule has 3 rings (SSSR count). The van der Waals surface area contributed by atoms with E-state index < -0.39 is 0 Å². The number of nitrogens with zero attached hydrogens (tertiary/aromatic N) is 4. The molecule has 21 heavy (non-hydrogen) atoms. The third-order valence-corrected chi connectivity index (χ3v) is 5.69. The molecule has 2 aliphatic heterocycles. The van der Waals surface area contributed by atoms with Crippen LogP contribution in [0.25, 0.3) is 0 Å². The molecule has 0 bridgehead atoms. The molecule has 0 aliphatic carbocycles. The normalized spacial score (nSPS) is 27.2. The van der Waals surface area contributed by atoms with Crippen LogP contribution in [0.5, 0.6) is 0 Å². The van der Waals surface area contributed by atoms with Crippen LogP contribution < -0.4 is 0 Å². The Labute approximate surface area is 132 Å². The lowest BCUT2D eigenvalue weighted by molar-refractivity contribution is 0.0441. The number of aromatic nitrogens is 2. The zero-order valence-corrected chi connectivity index (χ0v) is 14.4. The summed E-state index contributed by atoms with van der Waals surface area (Å²) >= 11 is 1.97. The highest BCUT2D eigenvalue weighted by Crippen LogP contribution is 2.28. The van der Waals surface area contributed by atoms with Crippen molar-refractivity contribution < 1.29 is 0 Å². The zero-order valence-electron chi connectivity index (χ0n) is 13.6. The number of fused-ring (bicyclic) bond motifs is 1. The van der Waals surface area contributed by atoms with Crippen LogP contribution >= 0.6 is 11.8 Å². The lowest BCUT2D eigenvalue weighted by atomic mass is 10.0. The highest BCUT2D eigenvalue weighted by molar-refractivity contribution is 7.98. The topological polar surface area (TPSA) is 24.3 Å². The summed E-state index contributed by atoms with van der Waals surface area (Å²) in [5.41, 5.74) is 2.59. The predicted molar refractivity (Wildman–Crippen MR) is 89.7 cm³/mol. The van der Waals surface area contributed by atoms with Crippen molar-refractivity contribution in [3.63, 3.8) is 0 Å². The first-order valence-electron chi connectivity index (χ1n) is 8.13. The summed E-state index contributed by atoms with van der Waals surface area (Å²) < 4.78 is 1.95. The van der Waals surface area contributed by atoms with Crippen molar-refractivity contribution >= 4 is 11.8 Å². The fraction of sp³-hybridized carbons (Fsp3) is 0.812. The van der Waals surface area contributed by atoms with E-state index in [9.17, 15) is 0 Å². The number of piperazine rings is 1. The maximum atomic E-state index is 4.51. The number of aryl methyl sites for hydroxylation is 2. The molecule has 2 aliphatic rings. The fourth-order valence-electron chi connectivity index (χ4n) is 3.89. The second-order valence-corrected chi connectivity index (χ2v) is 7.55. The first-order chi connectivity index (χ1) is 10.2. The zero-order chi connectivity index (χ0) is 14.8.